The van der Waals surface area contributed by atoms with Crippen LogP contribution >= 0.6 is 11.6 Å². The summed E-state index contributed by atoms with van der Waals surface area (Å²) in [4.78, 5) is 16.3. The van der Waals surface area contributed by atoms with Crippen molar-refractivity contribution in [3.63, 3.8) is 0 Å². The number of aromatic nitrogens is 1. The Morgan fingerprint density at radius 1 is 1.27 bits per heavy atom. The molecule has 0 amide bonds. The summed E-state index contributed by atoms with van der Waals surface area (Å²) in [6, 6.07) is 4.53. The maximum Gasteiger partial charge on any atom is 0.573 e. The number of hydrogen-bond donors (Lipinski definition) is 1. The highest BCUT2D eigenvalue weighted by atomic mass is 35.5. The summed E-state index contributed by atoms with van der Waals surface area (Å²) in [7, 11) is 0. The molecule has 0 bridgehead atoms. The molecule has 0 saturated heterocycles. The molecule has 0 radical (unpaired) electrons. The first-order chi connectivity index (χ1) is 14.2. The van der Waals surface area contributed by atoms with Crippen molar-refractivity contribution in [2.75, 3.05) is 19.8 Å². The number of carbonyl (C=O) groups is 1. The van der Waals surface area contributed by atoms with Gasteiger partial charge in [0.25, 0.3) is 0 Å². The van der Waals surface area contributed by atoms with Crippen molar-refractivity contribution in [3.05, 3.63) is 58.2 Å². The van der Waals surface area contributed by atoms with E-state index in [9.17, 15) is 18.0 Å². The van der Waals surface area contributed by atoms with E-state index in [-0.39, 0.29) is 52.4 Å². The van der Waals surface area contributed by atoms with E-state index in [0.717, 1.165) is 18.5 Å². The fraction of sp³-hybridized carbons (Fsp3) is 0.263. The van der Waals surface area contributed by atoms with Crippen molar-refractivity contribution in [2.45, 2.75) is 12.8 Å². The Balaban J connectivity index is 1.97. The Bertz CT molecular complexity index is 1070. The molecule has 0 aliphatic heterocycles. The Kier molecular flexibility index (Phi) is 6.59. The first-order valence-electron chi connectivity index (χ1n) is 8.50. The zero-order valence-electron chi connectivity index (χ0n) is 15.1. The minimum atomic E-state index is -4.89. The average molecular weight is 448 g/mol. The summed E-state index contributed by atoms with van der Waals surface area (Å²) in [5, 5.41) is 8.66. The van der Waals surface area contributed by atoms with Gasteiger partial charge in [0.05, 0.1) is 13.2 Å². The van der Waals surface area contributed by atoms with Crippen LogP contribution in [0.3, 0.4) is 0 Å². The Hall–Kier alpha value is -2.69. The average Bonchev–Trinajstić information content (AvgIpc) is 3.13. The van der Waals surface area contributed by atoms with E-state index in [1.165, 1.54) is 12.1 Å². The van der Waals surface area contributed by atoms with Crippen LogP contribution in [0, 0.1) is 5.82 Å². The third-order valence-electron chi connectivity index (χ3n) is 4.06. The van der Waals surface area contributed by atoms with Gasteiger partial charge in [-0.05, 0) is 23.8 Å². The van der Waals surface area contributed by atoms with Crippen molar-refractivity contribution in [3.8, 4) is 5.75 Å². The molecule has 1 heterocycles. The number of hydrogen-bond acceptors (Lipinski definition) is 6. The molecule has 0 saturated carbocycles. The predicted molar refractivity (Wildman–Crippen MR) is 97.1 cm³/mol. The molecular formula is C19H14ClF4NO5. The van der Waals surface area contributed by atoms with Gasteiger partial charge in [0, 0.05) is 22.6 Å². The Morgan fingerprint density at radius 2 is 2.03 bits per heavy atom. The predicted octanol–water partition coefficient (Wildman–Crippen LogP) is 4.30. The summed E-state index contributed by atoms with van der Waals surface area (Å²) >= 11 is 6.05. The Morgan fingerprint density at radius 3 is 2.70 bits per heavy atom. The van der Waals surface area contributed by atoms with Gasteiger partial charge in [-0.15, -0.1) is 13.2 Å². The monoisotopic (exact) mass is 447 g/mol. The number of oxazole rings is 1. The number of fused-ring (bicyclic) bond motifs is 1. The van der Waals surface area contributed by atoms with Gasteiger partial charge in [-0.1, -0.05) is 17.7 Å². The number of carbonyl (C=O) groups excluding carboxylic acids is 1. The third-order valence-corrected chi connectivity index (χ3v) is 4.41. The van der Waals surface area contributed by atoms with Gasteiger partial charge >= 0.3 is 6.36 Å². The van der Waals surface area contributed by atoms with Gasteiger partial charge in [-0.3, -0.25) is 4.79 Å². The molecule has 1 aromatic heterocycles. The van der Waals surface area contributed by atoms with Crippen LogP contribution in [0.5, 0.6) is 5.75 Å². The van der Waals surface area contributed by atoms with Crippen molar-refractivity contribution < 1.29 is 41.4 Å². The van der Waals surface area contributed by atoms with Gasteiger partial charge in [0.2, 0.25) is 0 Å². The molecule has 30 heavy (non-hydrogen) atoms. The number of nitrogens with zero attached hydrogens (tertiary/aromatic N) is 1. The van der Waals surface area contributed by atoms with Crippen LogP contribution in [0.2, 0.25) is 5.02 Å². The minimum Gasteiger partial charge on any atom is -0.443 e. The van der Waals surface area contributed by atoms with Gasteiger partial charge in [-0.25, -0.2) is 9.37 Å². The number of aliphatic hydroxyl groups is 1. The molecule has 0 spiro atoms. The Labute approximate surface area is 172 Å². The molecule has 11 heteroatoms. The van der Waals surface area contributed by atoms with Crippen molar-refractivity contribution >= 4 is 28.5 Å². The summed E-state index contributed by atoms with van der Waals surface area (Å²) < 4.78 is 66.0. The topological polar surface area (TPSA) is 81.8 Å². The van der Waals surface area contributed by atoms with Crippen molar-refractivity contribution in [2.24, 2.45) is 0 Å². The molecule has 2 aromatic carbocycles. The zero-order valence-corrected chi connectivity index (χ0v) is 15.9. The second-order valence-electron chi connectivity index (χ2n) is 6.09. The highest BCUT2D eigenvalue weighted by Crippen LogP contribution is 2.32. The summed E-state index contributed by atoms with van der Waals surface area (Å²) in [6.07, 6.45) is -4.08. The van der Waals surface area contributed by atoms with Gasteiger partial charge in [0.15, 0.2) is 23.6 Å². The number of rotatable bonds is 8. The molecule has 0 aliphatic rings. The SMILES string of the molecule is O=C(COCCO)c1cc2ocnc2c(F)c1Cc1ccc(OC(F)(F)F)cc1Cl. The number of halogens is 5. The number of aliphatic hydroxyl groups excluding tert-OH is 1. The molecule has 0 fully saturated rings. The lowest BCUT2D eigenvalue weighted by molar-refractivity contribution is -0.274. The molecular weight excluding hydrogens is 434 g/mol. The highest BCUT2D eigenvalue weighted by Gasteiger charge is 2.31. The zero-order chi connectivity index (χ0) is 21.9. The molecule has 3 aromatic rings. The van der Waals surface area contributed by atoms with Crippen LogP contribution in [0.4, 0.5) is 17.6 Å². The lowest BCUT2D eigenvalue weighted by atomic mass is 9.96. The standard InChI is InChI=1S/C19H14ClF4NO5/c20-14-6-11(30-19(22,23)24)2-1-10(14)5-13-12(15(27)8-28-4-3-26)7-16-18(17(13)21)25-9-29-16/h1-2,6-7,9,26H,3-5,8H2. The number of ether oxygens (including phenoxy) is 2. The lowest BCUT2D eigenvalue weighted by Gasteiger charge is -2.13. The van der Waals surface area contributed by atoms with E-state index in [2.05, 4.69) is 9.72 Å². The van der Waals surface area contributed by atoms with E-state index < -0.39 is 30.3 Å². The molecule has 160 valence electrons. The smallest absolute Gasteiger partial charge is 0.443 e. The van der Waals surface area contributed by atoms with Crippen LogP contribution in [0.1, 0.15) is 21.5 Å². The van der Waals surface area contributed by atoms with Gasteiger partial charge < -0.3 is 19.0 Å². The van der Waals surface area contributed by atoms with E-state index >= 15 is 4.39 Å². The largest absolute Gasteiger partial charge is 0.573 e. The van der Waals surface area contributed by atoms with Crippen molar-refractivity contribution in [1.82, 2.24) is 4.98 Å². The van der Waals surface area contributed by atoms with E-state index in [1.807, 2.05) is 0 Å². The second kappa shape index (κ2) is 8.99. The number of Topliss-reactive ketones (excluding diaryl/α,β-unsaturated/α-hetero) is 1. The molecule has 0 aliphatic carbocycles. The third kappa shape index (κ3) is 5.07. The van der Waals surface area contributed by atoms with Gasteiger partial charge in [-0.2, -0.15) is 0 Å². The summed E-state index contributed by atoms with van der Waals surface area (Å²) in [5.41, 5.74) is 0.0766. The van der Waals surface area contributed by atoms with Crippen LogP contribution in [0.15, 0.2) is 35.1 Å². The van der Waals surface area contributed by atoms with Crippen LogP contribution in [0.25, 0.3) is 11.1 Å². The quantitative estimate of drug-likeness (QED) is 0.315. The first-order valence-corrected chi connectivity index (χ1v) is 8.88. The van der Waals surface area contributed by atoms with E-state index in [1.54, 1.807) is 0 Å². The summed E-state index contributed by atoms with van der Waals surface area (Å²) in [6.45, 7) is -0.795. The van der Waals surface area contributed by atoms with Crippen LogP contribution in [-0.2, 0) is 11.2 Å². The minimum absolute atomic E-state index is 0.0433. The fourth-order valence-corrected chi connectivity index (χ4v) is 3.03. The normalized spacial score (nSPS) is 11.8. The maximum atomic E-state index is 15.1. The second-order valence-corrected chi connectivity index (χ2v) is 6.50. The molecule has 0 unspecified atom stereocenters. The van der Waals surface area contributed by atoms with E-state index in [4.69, 9.17) is 25.9 Å². The van der Waals surface area contributed by atoms with Crippen LogP contribution < -0.4 is 4.74 Å². The highest BCUT2D eigenvalue weighted by molar-refractivity contribution is 6.31. The molecule has 1 N–H and O–H groups in total. The number of benzene rings is 2. The number of ketones is 1. The molecule has 0 atom stereocenters. The molecule has 6 nitrogen and oxygen atoms in total. The van der Waals surface area contributed by atoms with Crippen molar-refractivity contribution in [1.29, 1.82) is 0 Å². The molecule has 3 rings (SSSR count). The fourth-order valence-electron chi connectivity index (χ4n) is 2.79. The maximum absolute atomic E-state index is 15.1. The lowest BCUT2D eigenvalue weighted by Crippen LogP contribution is -2.17. The summed E-state index contributed by atoms with van der Waals surface area (Å²) in [5.74, 6) is -1.93. The van der Waals surface area contributed by atoms with Gasteiger partial charge in [0.1, 0.15) is 17.9 Å². The van der Waals surface area contributed by atoms with Crippen LogP contribution in [-0.4, -0.2) is 42.1 Å². The number of alkyl halides is 3. The van der Waals surface area contributed by atoms with E-state index in [0.29, 0.717) is 0 Å². The first kappa shape index (κ1) is 22.0.